The van der Waals surface area contributed by atoms with E-state index in [4.69, 9.17) is 30.3 Å². The van der Waals surface area contributed by atoms with Crippen LogP contribution in [0.5, 0.6) is 11.5 Å². The van der Waals surface area contributed by atoms with Crippen LogP contribution in [-0.2, 0) is 27.3 Å². The Morgan fingerprint density at radius 3 is 2.39 bits per heavy atom. The Hall–Kier alpha value is -0.830. The van der Waals surface area contributed by atoms with Gasteiger partial charge in [-0.3, -0.25) is 0 Å². The predicted molar refractivity (Wildman–Crippen MR) is 128 cm³/mol. The lowest BCUT2D eigenvalue weighted by atomic mass is 9.97. The molecule has 0 aromatic heterocycles. The minimum atomic E-state index is -2.78. The monoisotopic (exact) mass is 488 g/mol. The van der Waals surface area contributed by atoms with Crippen molar-refractivity contribution in [3.8, 4) is 11.5 Å². The van der Waals surface area contributed by atoms with E-state index in [0.29, 0.717) is 24.7 Å². The summed E-state index contributed by atoms with van der Waals surface area (Å²) in [5.41, 5.74) is 0.209. The summed E-state index contributed by atoms with van der Waals surface area (Å²) in [7, 11) is 1.65. The Balaban J connectivity index is 1.74. The Morgan fingerprint density at radius 1 is 1.19 bits per heavy atom. The van der Waals surface area contributed by atoms with E-state index in [-0.39, 0.29) is 11.0 Å². The molecule has 0 unspecified atom stereocenters. The van der Waals surface area contributed by atoms with Crippen LogP contribution in [0.2, 0.25) is 0 Å². The van der Waals surface area contributed by atoms with Gasteiger partial charge in [0, 0.05) is 30.0 Å². The largest absolute Gasteiger partial charge is 0.483 e. The summed E-state index contributed by atoms with van der Waals surface area (Å²) in [5, 5.41) is 0. The van der Waals surface area contributed by atoms with E-state index in [1.54, 1.807) is 13.1 Å². The molecule has 174 valence electrons. The van der Waals surface area contributed by atoms with Gasteiger partial charge in [-0.1, -0.05) is 26.0 Å². The average Bonchev–Trinajstić information content (AvgIpc) is 2.96. The van der Waals surface area contributed by atoms with Gasteiger partial charge >= 0.3 is 6.09 Å². The molecule has 0 radical (unpaired) electrons. The summed E-state index contributed by atoms with van der Waals surface area (Å²) < 4.78 is 27.1. The molecule has 3 rings (SSSR count). The molecular formula is C21H33N2O5PS2. The quantitative estimate of drug-likeness (QED) is 0.390. The number of benzene rings is 1. The zero-order valence-electron chi connectivity index (χ0n) is 19.6. The van der Waals surface area contributed by atoms with E-state index in [1.807, 2.05) is 50.8 Å². The van der Waals surface area contributed by atoms with Crippen molar-refractivity contribution in [3.63, 3.8) is 0 Å². The predicted octanol–water partition coefficient (Wildman–Crippen LogP) is 5.79. The molecule has 2 aliphatic rings. The van der Waals surface area contributed by atoms with Crippen LogP contribution in [0.25, 0.3) is 0 Å². The van der Waals surface area contributed by atoms with Crippen molar-refractivity contribution in [2.45, 2.75) is 66.0 Å². The van der Waals surface area contributed by atoms with E-state index >= 15 is 0 Å². The van der Waals surface area contributed by atoms with Crippen LogP contribution in [0.3, 0.4) is 0 Å². The van der Waals surface area contributed by atoms with Gasteiger partial charge in [-0.2, -0.15) is 4.08 Å². The van der Waals surface area contributed by atoms with Crippen molar-refractivity contribution in [1.29, 1.82) is 0 Å². The first-order chi connectivity index (χ1) is 14.1. The van der Waals surface area contributed by atoms with Crippen molar-refractivity contribution >= 4 is 36.7 Å². The van der Waals surface area contributed by atoms with Crippen LogP contribution >= 0.6 is 18.8 Å². The van der Waals surface area contributed by atoms with Gasteiger partial charge in [0.1, 0.15) is 5.60 Å². The number of fused-ring (bicyclic) bond motifs is 1. The normalized spacial score (nSPS) is 21.3. The zero-order valence-corrected chi connectivity index (χ0v) is 22.1. The third-order valence-corrected chi connectivity index (χ3v) is 10.1. The molecule has 2 heterocycles. The molecule has 1 aromatic rings. The molecule has 1 amide bonds. The maximum atomic E-state index is 12.9. The first-order valence-electron chi connectivity index (χ1n) is 10.3. The van der Waals surface area contributed by atoms with Gasteiger partial charge in [0.2, 0.25) is 0 Å². The number of rotatable bonds is 4. The fraction of sp³-hybridized carbons (Fsp3) is 0.667. The van der Waals surface area contributed by atoms with E-state index in [0.717, 1.165) is 24.1 Å². The van der Waals surface area contributed by atoms with Gasteiger partial charge in [-0.15, -0.1) is 0 Å². The van der Waals surface area contributed by atoms with Gasteiger partial charge in [-0.25, -0.2) is 9.10 Å². The summed E-state index contributed by atoms with van der Waals surface area (Å²) >= 11 is 6.99. The number of hydrogen-bond acceptors (Lipinski definition) is 7. The third kappa shape index (κ3) is 5.75. The maximum absolute atomic E-state index is 12.9. The van der Waals surface area contributed by atoms with Crippen LogP contribution in [-0.4, -0.2) is 45.9 Å². The molecule has 0 saturated carbocycles. The summed E-state index contributed by atoms with van der Waals surface area (Å²) in [5.74, 6) is 1.04. The first-order valence-corrected chi connectivity index (χ1v) is 13.6. The number of carbonyl (C=O) groups excluding carboxylic acids is 1. The summed E-state index contributed by atoms with van der Waals surface area (Å²) in [6.45, 7) is 12.5. The van der Waals surface area contributed by atoms with E-state index in [2.05, 4.69) is 13.8 Å². The van der Waals surface area contributed by atoms with Gasteiger partial charge in [0.15, 0.2) is 11.5 Å². The fourth-order valence-electron chi connectivity index (χ4n) is 3.21. The molecule has 0 N–H and O–H groups in total. The van der Waals surface area contributed by atoms with Crippen molar-refractivity contribution in [2.24, 2.45) is 5.41 Å². The van der Waals surface area contributed by atoms with E-state index in [9.17, 15) is 4.79 Å². The summed E-state index contributed by atoms with van der Waals surface area (Å²) in [6, 6.07) is 5.61. The Bertz CT molecular complexity index is 886. The standard InChI is InChI=1S/C21H33N2O5PS2/c1-19(2,3)23(29(30)25-13-20(4,5)14-26-29)31-22(8)18(24)27-16-11-9-10-15-12-21(6,7)28-17(15)16/h9-11H,12-14H2,1-8H3. The van der Waals surface area contributed by atoms with Gasteiger partial charge in [0.25, 0.3) is 6.64 Å². The maximum Gasteiger partial charge on any atom is 0.426 e. The lowest BCUT2D eigenvalue weighted by Gasteiger charge is -2.46. The highest BCUT2D eigenvalue weighted by Gasteiger charge is 2.44. The molecule has 2 aliphatic heterocycles. The van der Waals surface area contributed by atoms with Crippen LogP contribution in [0.15, 0.2) is 18.2 Å². The molecule has 0 aliphatic carbocycles. The van der Waals surface area contributed by atoms with Crippen LogP contribution in [0, 0.1) is 5.41 Å². The molecule has 31 heavy (non-hydrogen) atoms. The van der Waals surface area contributed by atoms with Crippen LogP contribution < -0.4 is 9.47 Å². The van der Waals surface area contributed by atoms with Crippen molar-refractivity contribution in [3.05, 3.63) is 23.8 Å². The van der Waals surface area contributed by atoms with E-state index in [1.165, 1.54) is 4.31 Å². The number of para-hydroxylation sites is 1. The van der Waals surface area contributed by atoms with Crippen LogP contribution in [0.1, 0.15) is 54.0 Å². The first kappa shape index (κ1) is 24.8. The molecule has 10 heteroatoms. The van der Waals surface area contributed by atoms with Crippen molar-refractivity contribution in [1.82, 2.24) is 8.38 Å². The smallest absolute Gasteiger partial charge is 0.426 e. The topological polar surface area (TPSA) is 60.5 Å². The van der Waals surface area contributed by atoms with E-state index < -0.39 is 18.3 Å². The number of hydrogen-bond donors (Lipinski definition) is 0. The fourth-order valence-corrected chi connectivity index (χ4v) is 8.12. The van der Waals surface area contributed by atoms with Gasteiger partial charge in [-0.05, 0) is 52.5 Å². The molecule has 1 fully saturated rings. The summed E-state index contributed by atoms with van der Waals surface area (Å²) in [6.07, 6.45) is 0.240. The third-order valence-electron chi connectivity index (χ3n) is 4.74. The highest BCUT2D eigenvalue weighted by Crippen LogP contribution is 2.62. The molecule has 0 bridgehead atoms. The minimum absolute atomic E-state index is 0.0944. The number of amides is 1. The highest BCUT2D eigenvalue weighted by molar-refractivity contribution is 8.15. The highest BCUT2D eigenvalue weighted by atomic mass is 32.5. The SMILES string of the molecule is CN(SN(C(C)(C)C)P1(=S)OCC(C)(C)CO1)C(=O)Oc1cccc2c1OC(C)(C)C2. The molecule has 1 aromatic carbocycles. The van der Waals surface area contributed by atoms with Crippen molar-refractivity contribution < 1.29 is 23.3 Å². The zero-order chi connectivity index (χ0) is 23.2. The molecule has 7 nitrogen and oxygen atoms in total. The molecule has 0 spiro atoms. The number of carbonyl (C=O) groups is 1. The lowest BCUT2D eigenvalue weighted by Crippen LogP contribution is -2.42. The van der Waals surface area contributed by atoms with Crippen LogP contribution in [0.4, 0.5) is 4.79 Å². The minimum Gasteiger partial charge on any atom is -0.483 e. The number of ether oxygens (including phenoxy) is 2. The van der Waals surface area contributed by atoms with Gasteiger partial charge in [0.05, 0.1) is 25.3 Å². The Morgan fingerprint density at radius 2 is 1.81 bits per heavy atom. The second-order valence-corrected chi connectivity index (χ2v) is 14.9. The Labute approximate surface area is 195 Å². The lowest BCUT2D eigenvalue weighted by molar-refractivity contribution is 0.0449. The second-order valence-electron chi connectivity index (χ2n) is 10.4. The molecular weight excluding hydrogens is 455 g/mol. The average molecular weight is 489 g/mol. The second kappa shape index (κ2) is 8.50. The number of nitrogens with zero attached hydrogens (tertiary/aromatic N) is 2. The molecule has 1 saturated heterocycles. The van der Waals surface area contributed by atoms with Gasteiger partial charge < -0.3 is 18.5 Å². The Kier molecular flexibility index (Phi) is 6.81. The molecule has 0 atom stereocenters. The van der Waals surface area contributed by atoms with Crippen molar-refractivity contribution in [2.75, 3.05) is 20.3 Å². The summed E-state index contributed by atoms with van der Waals surface area (Å²) in [4.78, 5) is 12.9.